The Hall–Kier alpha value is -1.63. The standard InChI is InChI=1S/C17H23NO5/c1-11-14-15(23-17(2,3)22-14)13(21-11)9-18-16(19)20-10-12-7-5-4-6-8-12/h4-8,11,13-15H,9-10H2,1-3H3,(H,18,19)/t11?,13-,14?,15?/m1/s1. The van der Waals surface area contributed by atoms with Gasteiger partial charge in [-0.2, -0.15) is 0 Å². The van der Waals surface area contributed by atoms with Crippen LogP contribution in [0.5, 0.6) is 0 Å². The molecule has 2 aliphatic rings. The Morgan fingerprint density at radius 2 is 1.91 bits per heavy atom. The molecule has 6 heteroatoms. The highest BCUT2D eigenvalue weighted by Gasteiger charge is 2.53. The van der Waals surface area contributed by atoms with Gasteiger partial charge in [-0.1, -0.05) is 30.3 Å². The molecule has 3 rings (SSSR count). The first-order chi connectivity index (χ1) is 10.9. The van der Waals surface area contributed by atoms with Crippen LogP contribution in [0.4, 0.5) is 4.79 Å². The average molecular weight is 321 g/mol. The monoisotopic (exact) mass is 321 g/mol. The molecule has 0 aliphatic carbocycles. The molecule has 2 fully saturated rings. The lowest BCUT2D eigenvalue weighted by Crippen LogP contribution is -2.40. The second-order valence-corrected chi connectivity index (χ2v) is 6.39. The van der Waals surface area contributed by atoms with Crippen LogP contribution >= 0.6 is 0 Å². The first-order valence-electron chi connectivity index (χ1n) is 7.90. The maximum atomic E-state index is 11.8. The molecule has 0 aromatic heterocycles. The van der Waals surface area contributed by atoms with Gasteiger partial charge in [0.25, 0.3) is 0 Å². The van der Waals surface area contributed by atoms with Gasteiger partial charge in [-0.3, -0.25) is 0 Å². The van der Waals surface area contributed by atoms with Crippen LogP contribution in [0.1, 0.15) is 26.3 Å². The minimum Gasteiger partial charge on any atom is -0.445 e. The molecule has 1 amide bonds. The van der Waals surface area contributed by atoms with E-state index >= 15 is 0 Å². The molecule has 1 N–H and O–H groups in total. The van der Waals surface area contributed by atoms with Crippen LogP contribution in [0.3, 0.4) is 0 Å². The van der Waals surface area contributed by atoms with E-state index in [1.54, 1.807) is 0 Å². The number of hydrogen-bond acceptors (Lipinski definition) is 5. The predicted molar refractivity (Wildman–Crippen MR) is 82.8 cm³/mol. The van der Waals surface area contributed by atoms with E-state index in [-0.39, 0.29) is 31.0 Å². The molecule has 0 radical (unpaired) electrons. The highest BCUT2D eigenvalue weighted by molar-refractivity contribution is 5.67. The van der Waals surface area contributed by atoms with Gasteiger partial charge in [-0.05, 0) is 26.3 Å². The quantitative estimate of drug-likeness (QED) is 0.921. The molecule has 2 saturated heterocycles. The Morgan fingerprint density at radius 3 is 2.65 bits per heavy atom. The third-order valence-corrected chi connectivity index (χ3v) is 4.04. The molecule has 0 spiro atoms. The van der Waals surface area contributed by atoms with E-state index in [1.165, 1.54) is 0 Å². The number of amides is 1. The van der Waals surface area contributed by atoms with E-state index in [1.807, 2.05) is 51.1 Å². The lowest BCUT2D eigenvalue weighted by molar-refractivity contribution is -0.184. The lowest BCUT2D eigenvalue weighted by atomic mass is 10.1. The molecule has 3 unspecified atom stereocenters. The van der Waals surface area contributed by atoms with Gasteiger partial charge in [0.15, 0.2) is 5.79 Å². The fourth-order valence-electron chi connectivity index (χ4n) is 3.02. The molecule has 23 heavy (non-hydrogen) atoms. The van der Waals surface area contributed by atoms with E-state index in [0.29, 0.717) is 6.54 Å². The molecule has 0 saturated carbocycles. The highest BCUT2D eigenvalue weighted by atomic mass is 16.8. The third-order valence-electron chi connectivity index (χ3n) is 4.04. The summed E-state index contributed by atoms with van der Waals surface area (Å²) in [5.74, 6) is -0.612. The zero-order valence-corrected chi connectivity index (χ0v) is 13.7. The van der Waals surface area contributed by atoms with Crippen molar-refractivity contribution in [3.8, 4) is 0 Å². The second-order valence-electron chi connectivity index (χ2n) is 6.39. The van der Waals surface area contributed by atoms with Crippen molar-refractivity contribution < 1.29 is 23.7 Å². The number of nitrogens with one attached hydrogen (secondary N) is 1. The Labute approximate surface area is 136 Å². The first kappa shape index (κ1) is 16.2. The third kappa shape index (κ3) is 3.83. The van der Waals surface area contributed by atoms with Gasteiger partial charge in [-0.15, -0.1) is 0 Å². The fourth-order valence-corrected chi connectivity index (χ4v) is 3.02. The molecular formula is C17H23NO5. The molecule has 1 aromatic rings. The highest BCUT2D eigenvalue weighted by Crippen LogP contribution is 2.38. The van der Waals surface area contributed by atoms with Crippen LogP contribution in [0.25, 0.3) is 0 Å². The molecule has 126 valence electrons. The van der Waals surface area contributed by atoms with Gasteiger partial charge in [0.05, 0.1) is 6.10 Å². The first-order valence-corrected chi connectivity index (χ1v) is 7.90. The van der Waals surface area contributed by atoms with Gasteiger partial charge < -0.3 is 24.3 Å². The Morgan fingerprint density at radius 1 is 1.22 bits per heavy atom. The van der Waals surface area contributed by atoms with Crippen LogP contribution < -0.4 is 5.32 Å². The van der Waals surface area contributed by atoms with E-state index < -0.39 is 11.9 Å². The van der Waals surface area contributed by atoms with Crippen LogP contribution in [0, 0.1) is 0 Å². The van der Waals surface area contributed by atoms with Crippen LogP contribution in [-0.2, 0) is 25.6 Å². The fraction of sp³-hybridized carbons (Fsp3) is 0.588. The number of carbonyl (C=O) groups is 1. The number of ether oxygens (including phenoxy) is 4. The molecule has 0 bridgehead atoms. The second kappa shape index (κ2) is 6.47. The number of benzene rings is 1. The maximum Gasteiger partial charge on any atom is 0.407 e. The summed E-state index contributed by atoms with van der Waals surface area (Å²) in [5, 5.41) is 2.73. The van der Waals surface area contributed by atoms with Crippen molar-refractivity contribution in [3.05, 3.63) is 35.9 Å². The van der Waals surface area contributed by atoms with E-state index in [0.717, 1.165) is 5.56 Å². The summed E-state index contributed by atoms with van der Waals surface area (Å²) in [5.41, 5.74) is 0.947. The minimum absolute atomic E-state index is 0.0612. The average Bonchev–Trinajstić information content (AvgIpc) is 2.99. The van der Waals surface area contributed by atoms with E-state index in [2.05, 4.69) is 5.32 Å². The van der Waals surface area contributed by atoms with Crippen molar-refractivity contribution in [2.24, 2.45) is 0 Å². The minimum atomic E-state index is -0.612. The van der Waals surface area contributed by atoms with Crippen molar-refractivity contribution >= 4 is 6.09 Å². The molecule has 6 nitrogen and oxygen atoms in total. The summed E-state index contributed by atoms with van der Waals surface area (Å²) in [7, 11) is 0. The summed E-state index contributed by atoms with van der Waals surface area (Å²) in [6, 6.07) is 9.55. The zero-order valence-electron chi connectivity index (χ0n) is 13.7. The number of carbonyl (C=O) groups excluding carboxylic acids is 1. The van der Waals surface area contributed by atoms with Gasteiger partial charge >= 0.3 is 6.09 Å². The molecule has 4 atom stereocenters. The summed E-state index contributed by atoms with van der Waals surface area (Å²) in [4.78, 5) is 11.8. The molecular weight excluding hydrogens is 298 g/mol. The number of fused-ring (bicyclic) bond motifs is 1. The number of rotatable bonds is 4. The smallest absolute Gasteiger partial charge is 0.407 e. The SMILES string of the molecule is CC1O[C@H](CNC(=O)OCc2ccccc2)C2OC(C)(C)OC12. The van der Waals surface area contributed by atoms with Gasteiger partial charge in [0.2, 0.25) is 0 Å². The van der Waals surface area contributed by atoms with Crippen molar-refractivity contribution in [1.82, 2.24) is 5.32 Å². The Bertz CT molecular complexity index is 547. The zero-order chi connectivity index (χ0) is 16.4. The molecule has 2 aliphatic heterocycles. The Kier molecular flexibility index (Phi) is 4.57. The van der Waals surface area contributed by atoms with Gasteiger partial charge in [0, 0.05) is 6.54 Å². The lowest BCUT2D eigenvalue weighted by Gasteiger charge is -2.23. The van der Waals surface area contributed by atoms with Crippen LogP contribution in [-0.4, -0.2) is 42.8 Å². The summed E-state index contributed by atoms with van der Waals surface area (Å²) in [6.45, 7) is 6.30. The van der Waals surface area contributed by atoms with Gasteiger partial charge in [-0.25, -0.2) is 4.79 Å². The van der Waals surface area contributed by atoms with Crippen molar-refractivity contribution in [3.63, 3.8) is 0 Å². The van der Waals surface area contributed by atoms with Crippen molar-refractivity contribution in [2.45, 2.75) is 57.6 Å². The summed E-state index contributed by atoms with van der Waals surface area (Å²) >= 11 is 0. The topological polar surface area (TPSA) is 66.0 Å². The predicted octanol–water partition coefficient (Wildman–Crippen LogP) is 2.22. The van der Waals surface area contributed by atoms with Gasteiger partial charge in [0.1, 0.15) is 24.9 Å². The number of alkyl carbamates (subject to hydrolysis) is 1. The molecule has 2 heterocycles. The normalized spacial score (nSPS) is 31.6. The van der Waals surface area contributed by atoms with E-state index in [4.69, 9.17) is 18.9 Å². The van der Waals surface area contributed by atoms with E-state index in [9.17, 15) is 4.79 Å². The largest absolute Gasteiger partial charge is 0.445 e. The maximum absolute atomic E-state index is 11.8. The number of hydrogen-bond donors (Lipinski definition) is 1. The summed E-state index contributed by atoms with van der Waals surface area (Å²) < 4.78 is 22.7. The van der Waals surface area contributed by atoms with Crippen molar-refractivity contribution in [2.75, 3.05) is 6.54 Å². The molecule has 1 aromatic carbocycles. The van der Waals surface area contributed by atoms with Crippen LogP contribution in [0.15, 0.2) is 30.3 Å². The van der Waals surface area contributed by atoms with Crippen molar-refractivity contribution in [1.29, 1.82) is 0 Å². The summed E-state index contributed by atoms with van der Waals surface area (Å²) in [6.07, 6.45) is -1.03. The van der Waals surface area contributed by atoms with Crippen LogP contribution in [0.2, 0.25) is 0 Å². The Balaban J connectivity index is 1.46.